The maximum atomic E-state index is 8.64. The minimum absolute atomic E-state index is 0.247. The van der Waals surface area contributed by atoms with Gasteiger partial charge in [0.05, 0.1) is 6.10 Å². The molecule has 1 unspecified atom stereocenters. The van der Waals surface area contributed by atoms with Crippen molar-refractivity contribution in [1.82, 2.24) is 5.32 Å². The van der Waals surface area contributed by atoms with E-state index >= 15 is 0 Å². The van der Waals surface area contributed by atoms with E-state index in [1.807, 2.05) is 20.8 Å². The van der Waals surface area contributed by atoms with Gasteiger partial charge in [0.2, 0.25) is 0 Å². The summed E-state index contributed by atoms with van der Waals surface area (Å²) in [6.45, 7) is 10.5. The molecule has 4 N–H and O–H groups in total. The molecular weight excluding hydrogens is 218 g/mol. The topological polar surface area (TPSA) is 79.9 Å². The SMILES string of the molecule is CCOC(C)CNCCCC(C)(C)C(N)=NO. The molecule has 0 spiro atoms. The van der Waals surface area contributed by atoms with Gasteiger partial charge in [0, 0.05) is 18.6 Å². The molecule has 0 aromatic carbocycles. The van der Waals surface area contributed by atoms with Gasteiger partial charge in [-0.2, -0.15) is 0 Å². The lowest BCUT2D eigenvalue weighted by molar-refractivity contribution is 0.0761. The minimum Gasteiger partial charge on any atom is -0.409 e. The van der Waals surface area contributed by atoms with Gasteiger partial charge in [-0.25, -0.2) is 0 Å². The van der Waals surface area contributed by atoms with E-state index in [2.05, 4.69) is 17.4 Å². The van der Waals surface area contributed by atoms with Crippen LogP contribution in [0.15, 0.2) is 5.16 Å². The summed E-state index contributed by atoms with van der Waals surface area (Å²) in [7, 11) is 0. The Labute approximate surface area is 104 Å². The summed E-state index contributed by atoms with van der Waals surface area (Å²) in [5.74, 6) is 0.292. The molecule has 102 valence electrons. The number of hydrogen-bond donors (Lipinski definition) is 3. The number of hydrogen-bond acceptors (Lipinski definition) is 4. The molecule has 0 saturated carbocycles. The molecule has 0 rings (SSSR count). The van der Waals surface area contributed by atoms with E-state index in [9.17, 15) is 0 Å². The van der Waals surface area contributed by atoms with Crippen molar-refractivity contribution in [1.29, 1.82) is 0 Å². The van der Waals surface area contributed by atoms with E-state index in [0.29, 0.717) is 5.84 Å². The molecule has 0 heterocycles. The third-order valence-corrected chi connectivity index (χ3v) is 2.84. The third-order valence-electron chi connectivity index (χ3n) is 2.84. The van der Waals surface area contributed by atoms with E-state index in [1.54, 1.807) is 0 Å². The quantitative estimate of drug-likeness (QED) is 0.189. The molecule has 0 aliphatic carbocycles. The van der Waals surface area contributed by atoms with E-state index in [-0.39, 0.29) is 11.5 Å². The zero-order valence-electron chi connectivity index (χ0n) is 11.5. The molecular formula is C12H27N3O2. The highest BCUT2D eigenvalue weighted by atomic mass is 16.5. The highest BCUT2D eigenvalue weighted by Gasteiger charge is 2.22. The monoisotopic (exact) mass is 245 g/mol. The van der Waals surface area contributed by atoms with Gasteiger partial charge in [-0.3, -0.25) is 0 Å². The predicted molar refractivity (Wildman–Crippen MR) is 70.4 cm³/mol. The highest BCUT2D eigenvalue weighted by molar-refractivity contribution is 5.85. The highest BCUT2D eigenvalue weighted by Crippen LogP contribution is 2.21. The molecule has 0 aromatic rings. The van der Waals surface area contributed by atoms with E-state index in [0.717, 1.165) is 32.5 Å². The fourth-order valence-electron chi connectivity index (χ4n) is 1.57. The zero-order chi connectivity index (χ0) is 13.3. The fraction of sp³-hybridized carbons (Fsp3) is 0.917. The van der Waals surface area contributed by atoms with Gasteiger partial charge >= 0.3 is 0 Å². The van der Waals surface area contributed by atoms with Crippen molar-refractivity contribution in [2.45, 2.75) is 46.6 Å². The Morgan fingerprint density at radius 1 is 1.53 bits per heavy atom. The second kappa shape index (κ2) is 8.31. The number of nitrogens with zero attached hydrogens (tertiary/aromatic N) is 1. The molecule has 1 atom stereocenters. The van der Waals surface area contributed by atoms with E-state index in [1.165, 1.54) is 0 Å². The molecule has 5 heteroatoms. The zero-order valence-corrected chi connectivity index (χ0v) is 11.5. The first-order chi connectivity index (χ1) is 7.94. The Bertz CT molecular complexity index is 230. The maximum absolute atomic E-state index is 8.64. The number of amidine groups is 1. The number of oxime groups is 1. The van der Waals surface area contributed by atoms with Gasteiger partial charge < -0.3 is 21.0 Å². The average Bonchev–Trinajstić information content (AvgIpc) is 2.27. The molecule has 17 heavy (non-hydrogen) atoms. The first-order valence-electron chi connectivity index (χ1n) is 6.24. The Balaban J connectivity index is 3.64. The first-order valence-corrected chi connectivity index (χ1v) is 6.24. The number of rotatable bonds is 9. The molecule has 0 aromatic heterocycles. The van der Waals surface area contributed by atoms with E-state index in [4.69, 9.17) is 15.7 Å². The van der Waals surface area contributed by atoms with Crippen LogP contribution >= 0.6 is 0 Å². The van der Waals surface area contributed by atoms with Crippen LogP contribution in [-0.2, 0) is 4.74 Å². The van der Waals surface area contributed by atoms with Gasteiger partial charge in [-0.1, -0.05) is 19.0 Å². The molecule has 0 aliphatic heterocycles. The molecule has 0 saturated heterocycles. The van der Waals surface area contributed by atoms with Gasteiger partial charge in [0.1, 0.15) is 5.84 Å². The number of ether oxygens (including phenoxy) is 1. The molecule has 0 aliphatic rings. The lowest BCUT2D eigenvalue weighted by atomic mass is 9.86. The van der Waals surface area contributed by atoms with Crippen LogP contribution in [-0.4, -0.2) is 36.8 Å². The van der Waals surface area contributed by atoms with Crippen molar-refractivity contribution in [2.75, 3.05) is 19.7 Å². The maximum Gasteiger partial charge on any atom is 0.144 e. The summed E-state index contributed by atoms with van der Waals surface area (Å²) in [4.78, 5) is 0. The van der Waals surface area contributed by atoms with Gasteiger partial charge in [-0.05, 0) is 33.2 Å². The van der Waals surface area contributed by atoms with Crippen LogP contribution in [0.3, 0.4) is 0 Å². The Morgan fingerprint density at radius 2 is 2.18 bits per heavy atom. The minimum atomic E-state index is -0.248. The van der Waals surface area contributed by atoms with Gasteiger partial charge in [-0.15, -0.1) is 0 Å². The number of nitrogens with one attached hydrogen (secondary N) is 1. The lowest BCUT2D eigenvalue weighted by Crippen LogP contribution is -2.33. The van der Waals surface area contributed by atoms with Gasteiger partial charge in [0.25, 0.3) is 0 Å². The summed E-state index contributed by atoms with van der Waals surface area (Å²) >= 11 is 0. The summed E-state index contributed by atoms with van der Waals surface area (Å²) in [5, 5.41) is 15.0. The second-order valence-corrected chi connectivity index (χ2v) is 4.94. The average molecular weight is 245 g/mol. The summed E-state index contributed by atoms with van der Waals surface area (Å²) in [6, 6.07) is 0. The number of nitrogens with two attached hydrogens (primary N) is 1. The molecule has 0 amide bonds. The van der Waals surface area contributed by atoms with Crippen LogP contribution < -0.4 is 11.1 Å². The van der Waals surface area contributed by atoms with Gasteiger partial charge in [0.15, 0.2) is 0 Å². The normalized spacial score (nSPS) is 14.9. The third kappa shape index (κ3) is 7.18. The van der Waals surface area contributed by atoms with Crippen LogP contribution in [0.1, 0.15) is 40.5 Å². The largest absolute Gasteiger partial charge is 0.409 e. The molecule has 0 radical (unpaired) electrons. The fourth-order valence-corrected chi connectivity index (χ4v) is 1.57. The molecule has 5 nitrogen and oxygen atoms in total. The smallest absolute Gasteiger partial charge is 0.144 e. The summed E-state index contributed by atoms with van der Waals surface area (Å²) < 4.78 is 5.41. The predicted octanol–water partition coefficient (Wildman–Crippen LogP) is 1.55. The standard InChI is InChI=1S/C12H27N3O2/c1-5-17-10(2)9-14-8-6-7-12(3,4)11(13)15-16/h10,14,16H,5-9H2,1-4H3,(H2,13,15). The molecule has 0 fully saturated rings. The van der Waals surface area contributed by atoms with Crippen molar-refractivity contribution in [2.24, 2.45) is 16.3 Å². The summed E-state index contributed by atoms with van der Waals surface area (Å²) in [6.07, 6.45) is 2.12. The van der Waals surface area contributed by atoms with Crippen molar-refractivity contribution < 1.29 is 9.94 Å². The Kier molecular flexibility index (Phi) is 7.91. The molecule has 0 bridgehead atoms. The van der Waals surface area contributed by atoms with Crippen LogP contribution in [0.4, 0.5) is 0 Å². The second-order valence-electron chi connectivity index (χ2n) is 4.94. The van der Waals surface area contributed by atoms with Crippen LogP contribution in [0.25, 0.3) is 0 Å². The lowest BCUT2D eigenvalue weighted by Gasteiger charge is -2.22. The van der Waals surface area contributed by atoms with Crippen LogP contribution in [0.5, 0.6) is 0 Å². The first kappa shape index (κ1) is 16.2. The van der Waals surface area contributed by atoms with Crippen molar-refractivity contribution >= 4 is 5.84 Å². The Morgan fingerprint density at radius 3 is 2.71 bits per heavy atom. The summed E-state index contributed by atoms with van der Waals surface area (Å²) in [5.41, 5.74) is 5.36. The van der Waals surface area contributed by atoms with Crippen LogP contribution in [0, 0.1) is 5.41 Å². The Hall–Kier alpha value is -0.810. The van der Waals surface area contributed by atoms with Crippen molar-refractivity contribution in [3.63, 3.8) is 0 Å². The van der Waals surface area contributed by atoms with Crippen molar-refractivity contribution in [3.05, 3.63) is 0 Å². The van der Waals surface area contributed by atoms with E-state index < -0.39 is 0 Å². The van der Waals surface area contributed by atoms with Crippen molar-refractivity contribution in [3.8, 4) is 0 Å². The van der Waals surface area contributed by atoms with Crippen LogP contribution in [0.2, 0.25) is 0 Å².